The fourth-order valence-electron chi connectivity index (χ4n) is 4.89. The zero-order valence-corrected chi connectivity index (χ0v) is 19.0. The zero-order valence-electron chi connectivity index (χ0n) is 21.3. The van der Waals surface area contributed by atoms with Crippen LogP contribution in [0.2, 0.25) is 5.02 Å². The molecule has 4 heterocycles. The molecule has 1 N–H and O–H groups in total. The summed E-state index contributed by atoms with van der Waals surface area (Å²) in [7, 11) is 0. The van der Waals surface area contributed by atoms with Crippen molar-refractivity contribution >= 4 is 28.5 Å². The SMILES string of the molecule is [2H]C([2H])([2H])N1C(=O)c2ccc(F)c(Cl)c2[C@H]2C[C@@H]1c1nc3ccc(-c4cnc(C(C)(C)O)nc4)cc3n12. The van der Waals surface area contributed by atoms with Crippen molar-refractivity contribution in [2.75, 3.05) is 6.98 Å². The van der Waals surface area contributed by atoms with E-state index in [1.54, 1.807) is 32.3 Å². The number of aromatic nitrogens is 4. The van der Waals surface area contributed by atoms with Gasteiger partial charge in [-0.15, -0.1) is 0 Å². The molecule has 0 spiro atoms. The summed E-state index contributed by atoms with van der Waals surface area (Å²) in [4.78, 5) is 27.5. The van der Waals surface area contributed by atoms with Gasteiger partial charge in [-0.05, 0) is 43.7 Å². The van der Waals surface area contributed by atoms with Crippen LogP contribution >= 0.6 is 11.6 Å². The molecule has 4 aromatic rings. The van der Waals surface area contributed by atoms with Crippen LogP contribution < -0.4 is 0 Å². The minimum atomic E-state index is -2.74. The summed E-state index contributed by atoms with van der Waals surface area (Å²) in [5, 5.41) is 9.95. The van der Waals surface area contributed by atoms with Gasteiger partial charge < -0.3 is 14.6 Å². The van der Waals surface area contributed by atoms with Crippen LogP contribution in [0.3, 0.4) is 0 Å². The monoisotopic (exact) mass is 480 g/mol. The quantitative estimate of drug-likeness (QED) is 0.452. The molecule has 2 aliphatic rings. The number of fused-ring (bicyclic) bond motifs is 9. The first-order valence-corrected chi connectivity index (χ1v) is 11.1. The lowest BCUT2D eigenvalue weighted by Gasteiger charge is -2.24. The topological polar surface area (TPSA) is 84.1 Å². The number of amides is 1. The van der Waals surface area contributed by atoms with E-state index in [1.165, 1.54) is 6.07 Å². The molecule has 6 rings (SSSR count). The summed E-state index contributed by atoms with van der Waals surface area (Å²) in [5.41, 5.74) is 1.88. The first kappa shape index (κ1) is 18.0. The van der Waals surface area contributed by atoms with Crippen molar-refractivity contribution in [2.24, 2.45) is 0 Å². The molecule has 0 fully saturated rings. The maximum Gasteiger partial charge on any atom is 0.254 e. The highest BCUT2D eigenvalue weighted by atomic mass is 35.5. The molecular formula is C25H21ClFN5O2. The van der Waals surface area contributed by atoms with Gasteiger partial charge >= 0.3 is 0 Å². The maximum atomic E-state index is 14.6. The lowest BCUT2D eigenvalue weighted by molar-refractivity contribution is 0.0686. The van der Waals surface area contributed by atoms with Crippen molar-refractivity contribution in [3.05, 3.63) is 76.3 Å². The number of hydrogen-bond donors (Lipinski definition) is 1. The highest BCUT2D eigenvalue weighted by molar-refractivity contribution is 6.32. The van der Waals surface area contributed by atoms with E-state index in [-0.39, 0.29) is 28.4 Å². The molecule has 0 saturated carbocycles. The molecule has 2 aromatic carbocycles. The van der Waals surface area contributed by atoms with Crippen LogP contribution in [0.25, 0.3) is 22.2 Å². The second-order valence-corrected chi connectivity index (χ2v) is 9.54. The lowest BCUT2D eigenvalue weighted by Crippen LogP contribution is -2.30. The number of nitrogens with zero attached hydrogens (tertiary/aromatic N) is 5. The van der Waals surface area contributed by atoms with Gasteiger partial charge in [0.25, 0.3) is 5.91 Å². The molecule has 1 amide bonds. The van der Waals surface area contributed by atoms with Crippen molar-refractivity contribution in [3.8, 4) is 11.1 Å². The van der Waals surface area contributed by atoms with E-state index in [4.69, 9.17) is 20.7 Å². The molecule has 0 radical (unpaired) electrons. The van der Waals surface area contributed by atoms with Crippen LogP contribution in [0, 0.1) is 5.82 Å². The van der Waals surface area contributed by atoms with E-state index in [0.717, 1.165) is 16.5 Å². The van der Waals surface area contributed by atoms with Gasteiger partial charge in [-0.1, -0.05) is 17.7 Å². The van der Waals surface area contributed by atoms with E-state index in [1.807, 2.05) is 16.7 Å². The van der Waals surface area contributed by atoms with Crippen molar-refractivity contribution < 1.29 is 18.4 Å². The first-order chi connectivity index (χ1) is 17.4. The predicted octanol–water partition coefficient (Wildman–Crippen LogP) is 4.63. The Morgan fingerprint density at radius 2 is 1.94 bits per heavy atom. The van der Waals surface area contributed by atoms with E-state index < -0.39 is 36.4 Å². The Balaban J connectivity index is 1.57. The molecule has 0 saturated heterocycles. The maximum absolute atomic E-state index is 14.6. The predicted molar refractivity (Wildman–Crippen MR) is 125 cm³/mol. The molecule has 2 bridgehead atoms. The molecule has 2 atom stereocenters. The van der Waals surface area contributed by atoms with Crippen LogP contribution in [-0.2, 0) is 5.60 Å². The third-order valence-corrected chi connectivity index (χ3v) is 6.92. The Labute approximate surface area is 204 Å². The van der Waals surface area contributed by atoms with Gasteiger partial charge in [-0.3, -0.25) is 4.79 Å². The van der Waals surface area contributed by atoms with Gasteiger partial charge in [0.15, 0.2) is 5.82 Å². The van der Waals surface area contributed by atoms with E-state index >= 15 is 0 Å². The molecular weight excluding hydrogens is 457 g/mol. The summed E-state index contributed by atoms with van der Waals surface area (Å²) in [6, 6.07) is 6.44. The minimum Gasteiger partial charge on any atom is -0.382 e. The molecule has 0 unspecified atom stereocenters. The Hall–Kier alpha value is -3.36. The number of halogens is 2. The van der Waals surface area contributed by atoms with Crippen LogP contribution in [0.1, 0.15) is 64.0 Å². The summed E-state index contributed by atoms with van der Waals surface area (Å²) in [6.45, 7) is 0.458. The smallest absolute Gasteiger partial charge is 0.254 e. The van der Waals surface area contributed by atoms with Crippen molar-refractivity contribution in [2.45, 2.75) is 38.0 Å². The fraction of sp³-hybridized carbons (Fsp3) is 0.280. The van der Waals surface area contributed by atoms with Crippen molar-refractivity contribution in [1.29, 1.82) is 0 Å². The highest BCUT2D eigenvalue weighted by Gasteiger charge is 2.44. The van der Waals surface area contributed by atoms with Gasteiger partial charge in [0.2, 0.25) is 0 Å². The van der Waals surface area contributed by atoms with Gasteiger partial charge in [0.05, 0.1) is 28.1 Å². The number of rotatable bonds is 2. The number of benzene rings is 2. The average molecular weight is 481 g/mol. The number of imidazole rings is 1. The zero-order chi connectivity index (χ0) is 26.4. The number of hydrogen-bond acceptors (Lipinski definition) is 5. The largest absolute Gasteiger partial charge is 0.382 e. The second kappa shape index (κ2) is 7.07. The van der Waals surface area contributed by atoms with Gasteiger partial charge in [-0.2, -0.15) is 0 Å². The standard InChI is InChI=1S/C25H21ClFN5O2/c1-25(2,34)24-28-10-13(11-29-24)12-4-7-16-17(8-12)32-18-9-19(22(32)30-16)31(3)23(33)14-5-6-15(27)21(26)20(14)18/h4-8,10-11,18-19,34H,9H2,1-3H3/t18-,19-/m1/s1/i3D3. The number of carbonyl (C=O) groups is 1. The molecule has 2 aromatic heterocycles. The van der Waals surface area contributed by atoms with Gasteiger partial charge in [0, 0.05) is 46.6 Å². The molecule has 34 heavy (non-hydrogen) atoms. The highest BCUT2D eigenvalue weighted by Crippen LogP contribution is 2.49. The normalized spacial score (nSPS) is 21.0. The van der Waals surface area contributed by atoms with E-state index in [2.05, 4.69) is 9.97 Å². The summed E-state index contributed by atoms with van der Waals surface area (Å²) < 4.78 is 40.7. The van der Waals surface area contributed by atoms with E-state index in [0.29, 0.717) is 22.4 Å². The number of carbonyl (C=O) groups excluding carboxylic acids is 1. The molecule has 0 aliphatic carbocycles. The summed E-state index contributed by atoms with van der Waals surface area (Å²) >= 11 is 6.41. The Morgan fingerprint density at radius 3 is 2.65 bits per heavy atom. The van der Waals surface area contributed by atoms with E-state index in [9.17, 15) is 14.3 Å². The molecule has 2 aliphatic heterocycles. The summed E-state index contributed by atoms with van der Waals surface area (Å²) in [5.74, 6) is -0.723. The Morgan fingerprint density at radius 1 is 1.18 bits per heavy atom. The van der Waals surface area contributed by atoms with Crippen molar-refractivity contribution in [1.82, 2.24) is 24.4 Å². The lowest BCUT2D eigenvalue weighted by atomic mass is 9.98. The van der Waals surface area contributed by atoms with Gasteiger partial charge in [-0.25, -0.2) is 19.3 Å². The van der Waals surface area contributed by atoms with Crippen LogP contribution in [0.4, 0.5) is 4.39 Å². The second-order valence-electron chi connectivity index (χ2n) is 9.16. The first-order valence-electron chi connectivity index (χ1n) is 12.2. The van der Waals surface area contributed by atoms with Crippen LogP contribution in [0.15, 0.2) is 42.7 Å². The Kier molecular flexibility index (Phi) is 3.75. The fourth-order valence-corrected chi connectivity index (χ4v) is 5.18. The van der Waals surface area contributed by atoms with Crippen LogP contribution in [0.5, 0.6) is 0 Å². The Bertz CT molecular complexity index is 1600. The third kappa shape index (κ3) is 2.91. The molecule has 9 heteroatoms. The number of aliphatic hydroxyl groups is 1. The summed E-state index contributed by atoms with van der Waals surface area (Å²) in [6.07, 6.45) is 3.43. The van der Waals surface area contributed by atoms with Crippen molar-refractivity contribution in [3.63, 3.8) is 0 Å². The average Bonchev–Trinajstić information content (AvgIpc) is 3.32. The molecule has 7 nitrogen and oxygen atoms in total. The molecule has 172 valence electrons. The van der Waals surface area contributed by atoms with Gasteiger partial charge in [0.1, 0.15) is 17.2 Å². The minimum absolute atomic E-state index is 0.0642. The third-order valence-electron chi connectivity index (χ3n) is 6.53. The van der Waals surface area contributed by atoms with Crippen LogP contribution in [-0.4, -0.2) is 42.4 Å².